The number of sulfonamides is 2. The molecule has 0 aliphatic carbocycles. The van der Waals surface area contributed by atoms with Crippen LogP contribution in [0.4, 0.5) is 10.1 Å². The van der Waals surface area contributed by atoms with E-state index in [1.807, 2.05) is 4.72 Å². The van der Waals surface area contributed by atoms with Gasteiger partial charge in [0.1, 0.15) is 10.7 Å². The summed E-state index contributed by atoms with van der Waals surface area (Å²) in [5, 5.41) is 4.83. The van der Waals surface area contributed by atoms with Gasteiger partial charge in [0, 0.05) is 0 Å². The van der Waals surface area contributed by atoms with Crippen LogP contribution in [0.2, 0.25) is 5.02 Å². The number of hydrogen-bond acceptors (Lipinski definition) is 4. The highest BCUT2D eigenvalue weighted by molar-refractivity contribution is 7.92. The lowest BCUT2D eigenvalue weighted by Gasteiger charge is -2.10. The van der Waals surface area contributed by atoms with Gasteiger partial charge in [0.25, 0.3) is 10.0 Å². The summed E-state index contributed by atoms with van der Waals surface area (Å²) in [4.78, 5) is -0.697. The van der Waals surface area contributed by atoms with Gasteiger partial charge >= 0.3 is 0 Å². The zero-order valence-corrected chi connectivity index (χ0v) is 13.2. The molecule has 2 aromatic carbocycles. The second-order valence-electron chi connectivity index (χ2n) is 4.22. The van der Waals surface area contributed by atoms with E-state index < -0.39 is 36.4 Å². The van der Waals surface area contributed by atoms with Gasteiger partial charge in [-0.1, -0.05) is 23.7 Å². The molecule has 0 saturated heterocycles. The van der Waals surface area contributed by atoms with E-state index in [1.165, 1.54) is 18.2 Å². The Morgan fingerprint density at radius 2 is 1.68 bits per heavy atom. The summed E-state index contributed by atoms with van der Waals surface area (Å²) in [5.41, 5.74) is -0.424. The maximum absolute atomic E-state index is 13.8. The van der Waals surface area contributed by atoms with Crippen LogP contribution in [0, 0.1) is 5.82 Å². The summed E-state index contributed by atoms with van der Waals surface area (Å²) in [6.45, 7) is 0. The Kier molecular flexibility index (Phi) is 4.43. The molecule has 0 amide bonds. The minimum atomic E-state index is -4.12. The van der Waals surface area contributed by atoms with E-state index in [0.717, 1.165) is 12.1 Å². The highest BCUT2D eigenvalue weighted by Crippen LogP contribution is 2.25. The molecule has 0 aromatic heterocycles. The summed E-state index contributed by atoms with van der Waals surface area (Å²) in [6.07, 6.45) is 0. The molecular formula is C12H10ClFN2O4S2. The molecule has 2 aromatic rings. The van der Waals surface area contributed by atoms with Crippen LogP contribution in [0.5, 0.6) is 0 Å². The van der Waals surface area contributed by atoms with Gasteiger partial charge in [-0.3, -0.25) is 4.72 Å². The number of anilines is 1. The van der Waals surface area contributed by atoms with Crippen molar-refractivity contribution in [3.8, 4) is 0 Å². The van der Waals surface area contributed by atoms with Crippen LogP contribution in [-0.2, 0) is 20.0 Å². The van der Waals surface area contributed by atoms with Crippen molar-refractivity contribution in [3.05, 3.63) is 53.3 Å². The van der Waals surface area contributed by atoms with Gasteiger partial charge in [-0.2, -0.15) is 0 Å². The minimum Gasteiger partial charge on any atom is -0.277 e. The lowest BCUT2D eigenvalue weighted by molar-refractivity contribution is 0.592. The van der Waals surface area contributed by atoms with E-state index in [1.54, 1.807) is 6.07 Å². The van der Waals surface area contributed by atoms with E-state index in [-0.39, 0.29) is 9.92 Å². The molecule has 0 atom stereocenters. The summed E-state index contributed by atoms with van der Waals surface area (Å²) < 4.78 is 62.4. The molecule has 2 rings (SSSR count). The zero-order chi connectivity index (χ0) is 16.5. The van der Waals surface area contributed by atoms with Gasteiger partial charge < -0.3 is 0 Å². The smallest absolute Gasteiger partial charge is 0.263 e. The van der Waals surface area contributed by atoms with E-state index in [4.69, 9.17) is 16.7 Å². The van der Waals surface area contributed by atoms with E-state index in [9.17, 15) is 21.2 Å². The number of halogens is 2. The molecule has 0 fully saturated rings. The topological polar surface area (TPSA) is 106 Å². The zero-order valence-electron chi connectivity index (χ0n) is 10.8. The molecule has 22 heavy (non-hydrogen) atoms. The van der Waals surface area contributed by atoms with Crippen LogP contribution in [-0.4, -0.2) is 16.8 Å². The Bertz CT molecular complexity index is 930. The average molecular weight is 365 g/mol. The molecule has 3 N–H and O–H groups in total. The van der Waals surface area contributed by atoms with Gasteiger partial charge in [-0.15, -0.1) is 0 Å². The van der Waals surface area contributed by atoms with Crippen LogP contribution in [0.25, 0.3) is 0 Å². The summed E-state index contributed by atoms with van der Waals surface area (Å²) in [6, 6.07) is 8.20. The van der Waals surface area contributed by atoms with Crippen molar-refractivity contribution in [2.45, 2.75) is 9.79 Å². The van der Waals surface area contributed by atoms with Crippen LogP contribution in [0.1, 0.15) is 0 Å². The SMILES string of the molecule is NS(=O)(=O)c1ccc(NS(=O)(=O)c2ccccc2Cl)c(F)c1. The van der Waals surface area contributed by atoms with Crippen LogP contribution in [0.3, 0.4) is 0 Å². The number of hydrogen-bond donors (Lipinski definition) is 2. The number of nitrogens with one attached hydrogen (secondary N) is 1. The molecule has 0 bridgehead atoms. The Balaban J connectivity index is 2.41. The quantitative estimate of drug-likeness (QED) is 0.864. The number of primary sulfonamides is 1. The van der Waals surface area contributed by atoms with Gasteiger partial charge in [0.2, 0.25) is 10.0 Å². The molecule has 0 unspecified atom stereocenters. The maximum Gasteiger partial charge on any atom is 0.263 e. The third-order valence-electron chi connectivity index (χ3n) is 2.64. The first kappa shape index (κ1) is 16.7. The molecule has 6 nitrogen and oxygen atoms in total. The largest absolute Gasteiger partial charge is 0.277 e. The molecule has 0 aliphatic rings. The standard InChI is InChI=1S/C12H10ClFN2O4S2/c13-9-3-1-2-4-12(9)22(19,20)16-11-6-5-8(7-10(11)14)21(15,17)18/h1-7,16H,(H2,15,17,18). The number of rotatable bonds is 4. The molecule has 10 heteroatoms. The maximum atomic E-state index is 13.8. The average Bonchev–Trinajstić information content (AvgIpc) is 2.40. The lowest BCUT2D eigenvalue weighted by atomic mass is 10.3. The minimum absolute atomic E-state index is 0.0310. The Morgan fingerprint density at radius 1 is 1.05 bits per heavy atom. The molecule has 0 aliphatic heterocycles. The summed E-state index contributed by atoms with van der Waals surface area (Å²) in [7, 11) is -8.20. The summed E-state index contributed by atoms with van der Waals surface area (Å²) >= 11 is 5.79. The molecule has 0 spiro atoms. The van der Waals surface area contributed by atoms with Crippen molar-refractivity contribution in [2.24, 2.45) is 5.14 Å². The molecule has 0 heterocycles. The Labute approximate surface area is 131 Å². The highest BCUT2D eigenvalue weighted by Gasteiger charge is 2.20. The van der Waals surface area contributed by atoms with Crippen molar-refractivity contribution in [3.63, 3.8) is 0 Å². The molecule has 118 valence electrons. The third kappa shape index (κ3) is 3.55. The molecular weight excluding hydrogens is 355 g/mol. The van der Waals surface area contributed by atoms with Crippen LogP contribution >= 0.6 is 11.6 Å². The fourth-order valence-corrected chi connectivity index (χ4v) is 3.73. The van der Waals surface area contributed by atoms with Crippen molar-refractivity contribution in [1.82, 2.24) is 0 Å². The van der Waals surface area contributed by atoms with Crippen molar-refractivity contribution >= 4 is 37.3 Å². The third-order valence-corrected chi connectivity index (χ3v) is 5.42. The van der Waals surface area contributed by atoms with E-state index >= 15 is 0 Å². The molecule has 0 saturated carbocycles. The highest BCUT2D eigenvalue weighted by atomic mass is 35.5. The second-order valence-corrected chi connectivity index (χ2v) is 7.84. The normalized spacial score (nSPS) is 12.1. The van der Waals surface area contributed by atoms with Crippen molar-refractivity contribution in [1.29, 1.82) is 0 Å². The monoisotopic (exact) mass is 364 g/mol. The first-order chi connectivity index (χ1) is 10.1. The predicted molar refractivity (Wildman–Crippen MR) is 80.0 cm³/mol. The van der Waals surface area contributed by atoms with Crippen molar-refractivity contribution in [2.75, 3.05) is 4.72 Å². The van der Waals surface area contributed by atoms with Gasteiger partial charge in [-0.05, 0) is 30.3 Å². The van der Waals surface area contributed by atoms with Gasteiger partial charge in [0.15, 0.2) is 0 Å². The molecule has 0 radical (unpaired) electrons. The first-order valence-corrected chi connectivity index (χ1v) is 9.12. The number of nitrogens with two attached hydrogens (primary N) is 1. The second kappa shape index (κ2) is 5.84. The van der Waals surface area contributed by atoms with Crippen molar-refractivity contribution < 1.29 is 21.2 Å². The Morgan fingerprint density at radius 3 is 2.23 bits per heavy atom. The predicted octanol–water partition coefficient (Wildman–Crippen LogP) is 1.93. The van der Waals surface area contributed by atoms with Gasteiger partial charge in [0.05, 0.1) is 15.6 Å². The fourth-order valence-electron chi connectivity index (χ4n) is 1.62. The lowest BCUT2D eigenvalue weighted by Crippen LogP contribution is -2.16. The fraction of sp³-hybridized carbons (Fsp3) is 0. The van der Waals surface area contributed by atoms with E-state index in [0.29, 0.717) is 6.07 Å². The Hall–Kier alpha value is -1.68. The summed E-state index contributed by atoms with van der Waals surface area (Å²) in [5.74, 6) is -1.08. The number of benzene rings is 2. The first-order valence-electron chi connectivity index (χ1n) is 5.71. The van der Waals surface area contributed by atoms with Gasteiger partial charge in [-0.25, -0.2) is 26.4 Å². The van der Waals surface area contributed by atoms with E-state index in [2.05, 4.69) is 0 Å². The van der Waals surface area contributed by atoms with Crippen LogP contribution < -0.4 is 9.86 Å². The van der Waals surface area contributed by atoms with Crippen LogP contribution in [0.15, 0.2) is 52.3 Å².